The molecule has 2 aromatic rings. The van der Waals surface area contributed by atoms with Crippen LogP contribution in [-0.4, -0.2) is 32.8 Å². The molecule has 0 saturated heterocycles. The van der Waals surface area contributed by atoms with Crippen LogP contribution in [0, 0.1) is 12.3 Å². The van der Waals surface area contributed by atoms with Gasteiger partial charge < -0.3 is 10.4 Å². The summed E-state index contributed by atoms with van der Waals surface area (Å²) in [7, 11) is 0. The first kappa shape index (κ1) is 14.3. The minimum Gasteiger partial charge on any atom is -0.480 e. The summed E-state index contributed by atoms with van der Waals surface area (Å²) in [5, 5.41) is 15.4. The predicted molar refractivity (Wildman–Crippen MR) is 75.9 cm³/mol. The van der Waals surface area contributed by atoms with Gasteiger partial charge in [-0.15, -0.1) is 12.3 Å². The van der Waals surface area contributed by atoms with Gasteiger partial charge in [0, 0.05) is 12.6 Å². The number of nitrogens with zero attached hydrogens (tertiary/aromatic N) is 2. The number of carboxylic acid groups (broad SMARTS) is 1. The lowest BCUT2D eigenvalue weighted by Crippen LogP contribution is -2.40. The zero-order valence-corrected chi connectivity index (χ0v) is 11.1. The summed E-state index contributed by atoms with van der Waals surface area (Å²) in [5.41, 5.74) is 0.928. The van der Waals surface area contributed by atoms with Gasteiger partial charge in [0.25, 0.3) is 5.91 Å². The zero-order chi connectivity index (χ0) is 15.2. The van der Waals surface area contributed by atoms with Gasteiger partial charge in [-0.3, -0.25) is 4.79 Å². The Morgan fingerprint density at radius 2 is 2.05 bits per heavy atom. The van der Waals surface area contributed by atoms with Gasteiger partial charge in [-0.05, 0) is 18.2 Å². The Morgan fingerprint density at radius 3 is 2.67 bits per heavy atom. The van der Waals surface area contributed by atoms with E-state index in [2.05, 4.69) is 16.3 Å². The summed E-state index contributed by atoms with van der Waals surface area (Å²) in [6.07, 6.45) is 6.62. The Morgan fingerprint density at radius 1 is 1.33 bits per heavy atom. The number of aliphatic carboxylic acids is 1. The molecule has 1 atom stereocenters. The highest BCUT2D eigenvalue weighted by Crippen LogP contribution is 2.07. The first-order valence-electron chi connectivity index (χ1n) is 6.20. The zero-order valence-electron chi connectivity index (χ0n) is 11.1. The molecule has 2 N–H and O–H groups in total. The van der Waals surface area contributed by atoms with Crippen molar-refractivity contribution in [3.8, 4) is 18.0 Å². The lowest BCUT2D eigenvalue weighted by molar-refractivity contribution is -0.139. The smallest absolute Gasteiger partial charge is 0.327 e. The van der Waals surface area contributed by atoms with E-state index < -0.39 is 17.9 Å². The molecule has 0 radical (unpaired) electrons. The number of para-hydroxylation sites is 1. The summed E-state index contributed by atoms with van der Waals surface area (Å²) in [4.78, 5) is 22.9. The van der Waals surface area contributed by atoms with Crippen molar-refractivity contribution in [1.29, 1.82) is 0 Å². The van der Waals surface area contributed by atoms with Gasteiger partial charge in [-0.1, -0.05) is 18.2 Å². The number of rotatable bonds is 5. The van der Waals surface area contributed by atoms with E-state index in [1.807, 2.05) is 30.3 Å². The number of carboxylic acids is 1. The second kappa shape index (κ2) is 6.39. The van der Waals surface area contributed by atoms with Crippen molar-refractivity contribution >= 4 is 11.9 Å². The Bertz CT molecular complexity index is 686. The molecule has 0 bridgehead atoms. The van der Waals surface area contributed by atoms with Crippen LogP contribution in [0.4, 0.5) is 0 Å². The average molecular weight is 283 g/mol. The van der Waals surface area contributed by atoms with E-state index in [1.165, 1.54) is 10.7 Å². The Labute approximate surface area is 121 Å². The third-order valence-electron chi connectivity index (χ3n) is 2.77. The lowest BCUT2D eigenvalue weighted by atomic mass is 10.2. The van der Waals surface area contributed by atoms with E-state index >= 15 is 0 Å². The molecule has 2 rings (SSSR count). The number of terminal acetylenes is 1. The molecule has 1 aromatic carbocycles. The number of benzene rings is 1. The number of amides is 1. The summed E-state index contributed by atoms with van der Waals surface area (Å²) >= 11 is 0. The van der Waals surface area contributed by atoms with Gasteiger partial charge in [0.1, 0.15) is 6.04 Å². The molecule has 0 fully saturated rings. The molecule has 6 nitrogen and oxygen atoms in total. The van der Waals surface area contributed by atoms with Gasteiger partial charge in [0.05, 0.1) is 5.69 Å². The van der Waals surface area contributed by atoms with E-state index in [-0.39, 0.29) is 12.1 Å². The van der Waals surface area contributed by atoms with Gasteiger partial charge in [-0.2, -0.15) is 5.10 Å². The molecule has 106 valence electrons. The largest absolute Gasteiger partial charge is 0.480 e. The number of carbonyl (C=O) groups excluding carboxylic acids is 1. The van der Waals surface area contributed by atoms with Crippen molar-refractivity contribution in [2.75, 3.05) is 0 Å². The molecule has 1 heterocycles. The van der Waals surface area contributed by atoms with Crippen LogP contribution >= 0.6 is 0 Å². The Balaban J connectivity index is 2.12. The maximum Gasteiger partial charge on any atom is 0.327 e. The summed E-state index contributed by atoms with van der Waals surface area (Å²) in [5.74, 6) is 0.462. The summed E-state index contributed by atoms with van der Waals surface area (Å²) in [6.45, 7) is 0. The highest BCUT2D eigenvalue weighted by atomic mass is 16.4. The van der Waals surface area contributed by atoms with Crippen LogP contribution in [0.2, 0.25) is 0 Å². The minimum absolute atomic E-state index is 0.0829. The van der Waals surface area contributed by atoms with Crippen LogP contribution in [0.1, 0.15) is 16.9 Å². The molecular formula is C15H13N3O3. The number of aromatic nitrogens is 2. The summed E-state index contributed by atoms with van der Waals surface area (Å²) < 4.78 is 1.53. The molecule has 6 heteroatoms. The van der Waals surface area contributed by atoms with E-state index in [9.17, 15) is 9.59 Å². The van der Waals surface area contributed by atoms with Gasteiger partial charge >= 0.3 is 5.97 Å². The van der Waals surface area contributed by atoms with Crippen LogP contribution < -0.4 is 5.32 Å². The van der Waals surface area contributed by atoms with Crippen LogP contribution in [0.3, 0.4) is 0 Å². The molecule has 1 unspecified atom stereocenters. The molecule has 0 aliphatic heterocycles. The van der Waals surface area contributed by atoms with Crippen molar-refractivity contribution < 1.29 is 14.7 Å². The fraction of sp³-hybridized carbons (Fsp3) is 0.133. The fourth-order valence-corrected chi connectivity index (χ4v) is 1.72. The number of hydrogen-bond donors (Lipinski definition) is 2. The predicted octanol–water partition coefficient (Wildman–Crippen LogP) is 1.08. The second-order valence-electron chi connectivity index (χ2n) is 4.25. The fourth-order valence-electron chi connectivity index (χ4n) is 1.72. The normalized spacial score (nSPS) is 11.4. The van der Waals surface area contributed by atoms with Gasteiger partial charge in [0.15, 0.2) is 5.69 Å². The van der Waals surface area contributed by atoms with E-state index in [4.69, 9.17) is 11.5 Å². The first-order chi connectivity index (χ1) is 10.1. The molecule has 0 saturated carbocycles. The van der Waals surface area contributed by atoms with E-state index in [1.54, 1.807) is 6.20 Å². The molecular weight excluding hydrogens is 270 g/mol. The van der Waals surface area contributed by atoms with Gasteiger partial charge in [0.2, 0.25) is 0 Å². The first-order valence-corrected chi connectivity index (χ1v) is 6.20. The third-order valence-corrected chi connectivity index (χ3v) is 2.77. The topological polar surface area (TPSA) is 84.2 Å². The van der Waals surface area contributed by atoms with Crippen molar-refractivity contribution in [2.24, 2.45) is 0 Å². The molecule has 1 aromatic heterocycles. The highest BCUT2D eigenvalue weighted by molar-refractivity contribution is 5.95. The highest BCUT2D eigenvalue weighted by Gasteiger charge is 2.20. The van der Waals surface area contributed by atoms with Crippen molar-refractivity contribution in [3.05, 3.63) is 48.3 Å². The number of carbonyl (C=O) groups is 2. The monoisotopic (exact) mass is 283 g/mol. The number of hydrogen-bond acceptors (Lipinski definition) is 3. The van der Waals surface area contributed by atoms with Crippen LogP contribution in [0.15, 0.2) is 42.6 Å². The van der Waals surface area contributed by atoms with Gasteiger partial charge in [-0.25, -0.2) is 9.48 Å². The van der Waals surface area contributed by atoms with Crippen molar-refractivity contribution in [3.63, 3.8) is 0 Å². The Hall–Kier alpha value is -3.07. The third kappa shape index (κ3) is 3.48. The van der Waals surface area contributed by atoms with Crippen LogP contribution in [0.5, 0.6) is 0 Å². The average Bonchev–Trinajstić information content (AvgIpc) is 2.97. The lowest BCUT2D eigenvalue weighted by Gasteiger charge is -2.10. The Kier molecular flexibility index (Phi) is 4.36. The second-order valence-corrected chi connectivity index (χ2v) is 4.25. The minimum atomic E-state index is -1.18. The number of nitrogens with one attached hydrogen (secondary N) is 1. The molecule has 1 amide bonds. The SMILES string of the molecule is C#CCC(NC(=O)c1ccn(-c2ccccc2)n1)C(=O)O. The van der Waals surface area contributed by atoms with E-state index in [0.29, 0.717) is 0 Å². The van der Waals surface area contributed by atoms with Crippen molar-refractivity contribution in [1.82, 2.24) is 15.1 Å². The van der Waals surface area contributed by atoms with Crippen molar-refractivity contribution in [2.45, 2.75) is 12.5 Å². The van der Waals surface area contributed by atoms with Crippen LogP contribution in [0.25, 0.3) is 5.69 Å². The molecule has 0 aliphatic rings. The molecule has 0 spiro atoms. The standard InChI is InChI=1S/C15H13N3O3/c1-2-6-13(15(20)21)16-14(19)12-9-10-18(17-12)11-7-4-3-5-8-11/h1,3-5,7-10,13H,6H2,(H,16,19)(H,20,21). The summed E-state index contributed by atoms with van der Waals surface area (Å²) in [6, 6.07) is 9.65. The molecule has 0 aliphatic carbocycles. The molecule has 21 heavy (non-hydrogen) atoms. The van der Waals surface area contributed by atoms with Crippen LogP contribution in [-0.2, 0) is 4.79 Å². The maximum absolute atomic E-state index is 12.0. The maximum atomic E-state index is 12.0. The van der Waals surface area contributed by atoms with E-state index in [0.717, 1.165) is 5.69 Å². The quantitative estimate of drug-likeness (QED) is 0.804.